The third-order valence-electron chi connectivity index (χ3n) is 3.20. The van der Waals surface area contributed by atoms with Crippen molar-refractivity contribution < 1.29 is 4.79 Å². The van der Waals surface area contributed by atoms with Crippen molar-refractivity contribution in [3.05, 3.63) is 65.9 Å². The van der Waals surface area contributed by atoms with Crippen LogP contribution in [0.25, 0.3) is 0 Å². The van der Waals surface area contributed by atoms with Gasteiger partial charge in [0.05, 0.1) is 0 Å². The number of carbonyl (C=O) groups excluding carboxylic acids is 1. The van der Waals surface area contributed by atoms with Gasteiger partial charge in [0.2, 0.25) is 0 Å². The average molecular weight is 268 g/mol. The fraction of sp³-hybridized carbons (Fsp3) is 0.235. The molecule has 1 aromatic rings. The first-order valence-electron chi connectivity index (χ1n) is 6.88. The van der Waals surface area contributed by atoms with Crippen LogP contribution in [0, 0.1) is 12.8 Å². The number of urea groups is 1. The van der Waals surface area contributed by atoms with E-state index in [-0.39, 0.29) is 6.03 Å². The Morgan fingerprint density at radius 3 is 2.60 bits per heavy atom. The van der Waals surface area contributed by atoms with Gasteiger partial charge in [-0.05, 0) is 43.5 Å². The molecule has 0 saturated heterocycles. The van der Waals surface area contributed by atoms with E-state index in [4.69, 9.17) is 0 Å². The molecule has 1 atom stereocenters. The van der Waals surface area contributed by atoms with Gasteiger partial charge in [-0.15, -0.1) is 0 Å². The smallest absolute Gasteiger partial charge is 0.308 e. The summed E-state index contributed by atoms with van der Waals surface area (Å²) in [5.41, 5.74) is 2.75. The lowest BCUT2D eigenvalue weighted by Crippen LogP contribution is -2.27. The lowest BCUT2D eigenvalue weighted by atomic mass is 10.1. The van der Waals surface area contributed by atoms with E-state index in [0.717, 1.165) is 17.8 Å². The van der Waals surface area contributed by atoms with Crippen molar-refractivity contribution in [1.82, 2.24) is 5.32 Å². The molecule has 2 N–H and O–H groups in total. The normalized spacial score (nSPS) is 17.3. The van der Waals surface area contributed by atoms with Crippen LogP contribution < -0.4 is 10.6 Å². The fourth-order valence-electron chi connectivity index (χ4n) is 1.93. The number of hydrogen-bond donors (Lipinski definition) is 2. The summed E-state index contributed by atoms with van der Waals surface area (Å²) in [6, 6.07) is 7.48. The predicted molar refractivity (Wildman–Crippen MR) is 83.5 cm³/mol. The molecular weight excluding hydrogens is 248 g/mol. The Morgan fingerprint density at radius 1 is 1.15 bits per heavy atom. The van der Waals surface area contributed by atoms with Crippen LogP contribution in [0.15, 0.2) is 60.3 Å². The molecule has 1 unspecified atom stereocenters. The van der Waals surface area contributed by atoms with Gasteiger partial charge in [0.1, 0.15) is 0 Å². The lowest BCUT2D eigenvalue weighted by Gasteiger charge is -2.08. The molecule has 2 amide bonds. The minimum atomic E-state index is -0.229. The number of benzene rings is 1. The molecular formula is C17H20N2O. The molecule has 0 saturated carbocycles. The maximum Gasteiger partial charge on any atom is 0.323 e. The Labute approximate surface area is 120 Å². The molecule has 3 nitrogen and oxygen atoms in total. The molecule has 0 bridgehead atoms. The van der Waals surface area contributed by atoms with Gasteiger partial charge in [0.15, 0.2) is 0 Å². The van der Waals surface area contributed by atoms with Crippen molar-refractivity contribution in [2.45, 2.75) is 20.3 Å². The molecule has 104 valence electrons. The lowest BCUT2D eigenvalue weighted by molar-refractivity contribution is 0.254. The van der Waals surface area contributed by atoms with Crippen LogP contribution in [-0.2, 0) is 0 Å². The molecule has 1 aromatic carbocycles. The van der Waals surface area contributed by atoms with E-state index in [2.05, 4.69) is 29.7 Å². The van der Waals surface area contributed by atoms with E-state index >= 15 is 0 Å². The number of aryl methyl sites for hydroxylation is 1. The second-order valence-electron chi connectivity index (χ2n) is 4.88. The zero-order valence-corrected chi connectivity index (χ0v) is 11.9. The van der Waals surface area contributed by atoms with E-state index in [1.807, 2.05) is 49.4 Å². The molecule has 20 heavy (non-hydrogen) atoms. The van der Waals surface area contributed by atoms with Gasteiger partial charge in [-0.2, -0.15) is 0 Å². The molecule has 0 spiro atoms. The highest BCUT2D eigenvalue weighted by atomic mass is 16.2. The van der Waals surface area contributed by atoms with Gasteiger partial charge in [-0.3, -0.25) is 0 Å². The number of anilines is 1. The number of carbonyl (C=O) groups is 1. The number of allylic oxidation sites excluding steroid dienone is 5. The first-order chi connectivity index (χ1) is 9.67. The summed E-state index contributed by atoms with van der Waals surface area (Å²) < 4.78 is 0. The fourth-order valence-corrected chi connectivity index (χ4v) is 1.93. The SMILES string of the molecule is CCC1C=CC=C(NC(=O)Nc2ccc(C)cc2)C=C1. The number of rotatable bonds is 3. The number of nitrogens with one attached hydrogen (secondary N) is 2. The highest BCUT2D eigenvalue weighted by Crippen LogP contribution is 2.12. The molecule has 3 heteroatoms. The maximum atomic E-state index is 11.9. The van der Waals surface area contributed by atoms with E-state index in [1.165, 1.54) is 5.56 Å². The molecule has 1 aliphatic rings. The summed E-state index contributed by atoms with van der Waals surface area (Å²) in [4.78, 5) is 11.9. The molecule has 2 rings (SSSR count). The second-order valence-corrected chi connectivity index (χ2v) is 4.88. The van der Waals surface area contributed by atoms with E-state index < -0.39 is 0 Å². The summed E-state index contributed by atoms with van der Waals surface area (Å²) in [6.45, 7) is 4.16. The Morgan fingerprint density at radius 2 is 1.90 bits per heavy atom. The minimum Gasteiger partial charge on any atom is -0.308 e. The summed E-state index contributed by atoms with van der Waals surface area (Å²) >= 11 is 0. The monoisotopic (exact) mass is 268 g/mol. The van der Waals surface area contributed by atoms with Gasteiger partial charge in [0.25, 0.3) is 0 Å². The third kappa shape index (κ3) is 4.12. The standard InChI is InChI=1S/C17H20N2O/c1-3-14-5-4-6-15(12-9-14)18-17(20)19-16-10-7-13(2)8-11-16/h4-12,14H,3H2,1-2H3,(H2,18,19,20). The Hall–Kier alpha value is -2.29. The van der Waals surface area contributed by atoms with Gasteiger partial charge in [-0.1, -0.05) is 42.8 Å². The summed E-state index contributed by atoms with van der Waals surface area (Å²) in [5.74, 6) is 0.436. The van der Waals surface area contributed by atoms with Crippen LogP contribution >= 0.6 is 0 Å². The van der Waals surface area contributed by atoms with Crippen LogP contribution in [0.2, 0.25) is 0 Å². The van der Waals surface area contributed by atoms with Crippen molar-refractivity contribution in [3.63, 3.8) is 0 Å². The quantitative estimate of drug-likeness (QED) is 0.849. The molecule has 0 radical (unpaired) electrons. The molecule has 0 heterocycles. The van der Waals surface area contributed by atoms with Gasteiger partial charge < -0.3 is 10.6 Å². The Balaban J connectivity index is 1.93. The number of hydrogen-bond acceptors (Lipinski definition) is 1. The van der Waals surface area contributed by atoms with Crippen molar-refractivity contribution >= 4 is 11.7 Å². The second kappa shape index (κ2) is 6.75. The van der Waals surface area contributed by atoms with Crippen molar-refractivity contribution in [2.24, 2.45) is 5.92 Å². The zero-order valence-electron chi connectivity index (χ0n) is 11.9. The van der Waals surface area contributed by atoms with Crippen LogP contribution in [0.3, 0.4) is 0 Å². The van der Waals surface area contributed by atoms with E-state index in [0.29, 0.717) is 5.92 Å². The van der Waals surface area contributed by atoms with Crippen LogP contribution in [0.5, 0.6) is 0 Å². The Bertz CT molecular complexity index is 553. The zero-order chi connectivity index (χ0) is 14.4. The maximum absolute atomic E-state index is 11.9. The van der Waals surface area contributed by atoms with Crippen LogP contribution in [-0.4, -0.2) is 6.03 Å². The molecule has 0 aromatic heterocycles. The molecule has 1 aliphatic carbocycles. The van der Waals surface area contributed by atoms with Gasteiger partial charge in [-0.25, -0.2) is 4.79 Å². The first kappa shape index (κ1) is 14.1. The van der Waals surface area contributed by atoms with E-state index in [1.54, 1.807) is 0 Å². The first-order valence-corrected chi connectivity index (χ1v) is 6.88. The minimum absolute atomic E-state index is 0.229. The van der Waals surface area contributed by atoms with Crippen molar-refractivity contribution in [1.29, 1.82) is 0 Å². The molecule has 0 fully saturated rings. The topological polar surface area (TPSA) is 41.1 Å². The highest BCUT2D eigenvalue weighted by molar-refractivity contribution is 5.90. The van der Waals surface area contributed by atoms with Gasteiger partial charge >= 0.3 is 6.03 Å². The predicted octanol–water partition coefficient (Wildman–Crippen LogP) is 4.15. The van der Waals surface area contributed by atoms with Gasteiger partial charge in [0, 0.05) is 11.4 Å². The highest BCUT2D eigenvalue weighted by Gasteiger charge is 2.05. The summed E-state index contributed by atoms with van der Waals surface area (Å²) in [7, 11) is 0. The molecule has 0 aliphatic heterocycles. The van der Waals surface area contributed by atoms with Crippen molar-refractivity contribution in [2.75, 3.05) is 5.32 Å². The van der Waals surface area contributed by atoms with Crippen LogP contribution in [0.1, 0.15) is 18.9 Å². The van der Waals surface area contributed by atoms with Crippen molar-refractivity contribution in [3.8, 4) is 0 Å². The number of amides is 2. The average Bonchev–Trinajstić information content (AvgIpc) is 2.66. The largest absolute Gasteiger partial charge is 0.323 e. The van der Waals surface area contributed by atoms with E-state index in [9.17, 15) is 4.79 Å². The summed E-state index contributed by atoms with van der Waals surface area (Å²) in [6.07, 6.45) is 11.1. The summed E-state index contributed by atoms with van der Waals surface area (Å²) in [5, 5.41) is 5.65. The van der Waals surface area contributed by atoms with Crippen LogP contribution in [0.4, 0.5) is 10.5 Å². The third-order valence-corrected chi connectivity index (χ3v) is 3.20. The Kier molecular flexibility index (Phi) is 4.77.